The zero-order valence-electron chi connectivity index (χ0n) is 8.84. The van der Waals surface area contributed by atoms with Gasteiger partial charge >= 0.3 is 0 Å². The van der Waals surface area contributed by atoms with Crippen molar-refractivity contribution in [3.8, 4) is 0 Å². The van der Waals surface area contributed by atoms with Crippen LogP contribution in [0.4, 0.5) is 0 Å². The molecule has 72 valence electrons. The summed E-state index contributed by atoms with van der Waals surface area (Å²) >= 11 is 0. The molecule has 0 radical (unpaired) electrons. The quantitative estimate of drug-likeness (QED) is 0.632. The molecule has 1 aliphatic heterocycles. The van der Waals surface area contributed by atoms with Gasteiger partial charge in [0, 0.05) is 0 Å². The lowest BCUT2D eigenvalue weighted by Gasteiger charge is -2.20. The fraction of sp³-hybridized carbons (Fsp3) is 1.00. The zero-order valence-corrected chi connectivity index (χ0v) is 8.84. The first-order valence-electron chi connectivity index (χ1n) is 5.30. The van der Waals surface area contributed by atoms with Crippen molar-refractivity contribution in [2.45, 2.75) is 59.2 Å². The molecule has 3 unspecified atom stereocenters. The molecule has 0 aromatic carbocycles. The molecular formula is C11H22O. The highest BCUT2D eigenvalue weighted by Gasteiger charge is 2.29. The van der Waals surface area contributed by atoms with Crippen molar-refractivity contribution in [2.75, 3.05) is 0 Å². The van der Waals surface area contributed by atoms with Crippen LogP contribution in [0.5, 0.6) is 0 Å². The zero-order chi connectivity index (χ0) is 9.14. The molecule has 0 amide bonds. The summed E-state index contributed by atoms with van der Waals surface area (Å²) in [4.78, 5) is 0. The van der Waals surface area contributed by atoms with E-state index in [1.165, 1.54) is 19.3 Å². The highest BCUT2D eigenvalue weighted by molar-refractivity contribution is 4.78. The van der Waals surface area contributed by atoms with Crippen LogP contribution >= 0.6 is 0 Å². The van der Waals surface area contributed by atoms with Gasteiger partial charge in [0.05, 0.1) is 12.2 Å². The van der Waals surface area contributed by atoms with Gasteiger partial charge in [-0.2, -0.15) is 0 Å². The lowest BCUT2D eigenvalue weighted by Crippen LogP contribution is -2.20. The summed E-state index contributed by atoms with van der Waals surface area (Å²) in [5.41, 5.74) is 0. The van der Waals surface area contributed by atoms with Gasteiger partial charge < -0.3 is 4.74 Å². The molecule has 1 aliphatic rings. The standard InChI is InChI=1S/C11H22O/c1-5-9(4)11-7-6-10(12-11)8(2)3/h8-11H,5-7H2,1-4H3. The lowest BCUT2D eigenvalue weighted by atomic mass is 9.98. The van der Waals surface area contributed by atoms with Gasteiger partial charge in [0.25, 0.3) is 0 Å². The van der Waals surface area contributed by atoms with E-state index >= 15 is 0 Å². The minimum atomic E-state index is 0.531. The van der Waals surface area contributed by atoms with Crippen LogP contribution in [0.2, 0.25) is 0 Å². The van der Waals surface area contributed by atoms with Crippen molar-refractivity contribution in [3.63, 3.8) is 0 Å². The molecule has 1 fully saturated rings. The van der Waals surface area contributed by atoms with Gasteiger partial charge in [-0.3, -0.25) is 0 Å². The van der Waals surface area contributed by atoms with E-state index in [2.05, 4.69) is 27.7 Å². The lowest BCUT2D eigenvalue weighted by molar-refractivity contribution is -0.00659. The van der Waals surface area contributed by atoms with Gasteiger partial charge in [-0.05, 0) is 24.7 Å². The molecule has 1 heteroatoms. The third-order valence-electron chi connectivity index (χ3n) is 3.11. The fourth-order valence-corrected chi connectivity index (χ4v) is 1.86. The summed E-state index contributed by atoms with van der Waals surface area (Å²) in [6.07, 6.45) is 4.87. The molecule has 1 nitrogen and oxygen atoms in total. The first kappa shape index (κ1) is 10.0. The van der Waals surface area contributed by atoms with E-state index < -0.39 is 0 Å². The van der Waals surface area contributed by atoms with Crippen LogP contribution in [0, 0.1) is 11.8 Å². The second-order valence-electron chi connectivity index (χ2n) is 4.42. The maximum atomic E-state index is 5.98. The highest BCUT2D eigenvalue weighted by atomic mass is 16.5. The summed E-state index contributed by atoms with van der Waals surface area (Å²) < 4.78 is 5.98. The SMILES string of the molecule is CCC(C)C1CCC(C(C)C)O1. The van der Waals surface area contributed by atoms with Gasteiger partial charge in [0.15, 0.2) is 0 Å². The Balaban J connectivity index is 2.35. The highest BCUT2D eigenvalue weighted by Crippen LogP contribution is 2.30. The second-order valence-corrected chi connectivity index (χ2v) is 4.42. The second kappa shape index (κ2) is 4.27. The normalized spacial score (nSPS) is 32.8. The first-order valence-corrected chi connectivity index (χ1v) is 5.30. The molecule has 0 aromatic rings. The molecule has 12 heavy (non-hydrogen) atoms. The summed E-state index contributed by atoms with van der Waals surface area (Å²) in [7, 11) is 0. The summed E-state index contributed by atoms with van der Waals surface area (Å²) in [5, 5.41) is 0. The topological polar surface area (TPSA) is 9.23 Å². The van der Waals surface area contributed by atoms with Gasteiger partial charge in [-0.25, -0.2) is 0 Å². The van der Waals surface area contributed by atoms with Crippen molar-refractivity contribution in [1.29, 1.82) is 0 Å². The molecule has 1 saturated heterocycles. The predicted molar refractivity (Wildman–Crippen MR) is 52.2 cm³/mol. The first-order chi connectivity index (χ1) is 5.65. The van der Waals surface area contributed by atoms with Gasteiger partial charge in [-0.1, -0.05) is 34.1 Å². The molecule has 0 saturated carbocycles. The van der Waals surface area contributed by atoms with E-state index in [9.17, 15) is 0 Å². The van der Waals surface area contributed by atoms with Gasteiger partial charge in [-0.15, -0.1) is 0 Å². The number of rotatable bonds is 3. The summed E-state index contributed by atoms with van der Waals surface area (Å²) in [5.74, 6) is 1.44. The number of hydrogen-bond acceptors (Lipinski definition) is 1. The Morgan fingerprint density at radius 2 is 1.75 bits per heavy atom. The molecule has 1 heterocycles. The van der Waals surface area contributed by atoms with E-state index in [4.69, 9.17) is 4.74 Å². The van der Waals surface area contributed by atoms with Gasteiger partial charge in [0.1, 0.15) is 0 Å². The average molecular weight is 170 g/mol. The fourth-order valence-electron chi connectivity index (χ4n) is 1.86. The Bertz CT molecular complexity index is 131. The van der Waals surface area contributed by atoms with Crippen molar-refractivity contribution in [1.82, 2.24) is 0 Å². The Morgan fingerprint density at radius 3 is 2.17 bits per heavy atom. The number of ether oxygens (including phenoxy) is 1. The van der Waals surface area contributed by atoms with Gasteiger partial charge in [0.2, 0.25) is 0 Å². The Hall–Kier alpha value is -0.0400. The molecule has 1 rings (SSSR count). The van der Waals surface area contributed by atoms with E-state index in [-0.39, 0.29) is 0 Å². The summed E-state index contributed by atoms with van der Waals surface area (Å²) in [6, 6.07) is 0. The third-order valence-corrected chi connectivity index (χ3v) is 3.11. The summed E-state index contributed by atoms with van der Waals surface area (Å²) in [6.45, 7) is 9.05. The Morgan fingerprint density at radius 1 is 1.17 bits per heavy atom. The maximum absolute atomic E-state index is 5.98. The molecule has 3 atom stereocenters. The van der Waals surface area contributed by atoms with Crippen LogP contribution in [0.1, 0.15) is 47.0 Å². The van der Waals surface area contributed by atoms with Crippen LogP contribution in [-0.2, 0) is 4.74 Å². The largest absolute Gasteiger partial charge is 0.374 e. The smallest absolute Gasteiger partial charge is 0.0605 e. The maximum Gasteiger partial charge on any atom is 0.0605 e. The monoisotopic (exact) mass is 170 g/mol. The van der Waals surface area contributed by atoms with E-state index in [1.54, 1.807) is 0 Å². The van der Waals surface area contributed by atoms with Crippen LogP contribution in [0.15, 0.2) is 0 Å². The Kier molecular flexibility index (Phi) is 3.57. The van der Waals surface area contributed by atoms with E-state index in [0.29, 0.717) is 18.1 Å². The molecule has 0 aromatic heterocycles. The molecular weight excluding hydrogens is 148 g/mol. The van der Waals surface area contributed by atoms with E-state index in [0.717, 1.165) is 5.92 Å². The van der Waals surface area contributed by atoms with E-state index in [1.807, 2.05) is 0 Å². The minimum absolute atomic E-state index is 0.531. The minimum Gasteiger partial charge on any atom is -0.374 e. The van der Waals surface area contributed by atoms with Crippen molar-refractivity contribution < 1.29 is 4.74 Å². The predicted octanol–water partition coefficient (Wildman–Crippen LogP) is 3.24. The van der Waals surface area contributed by atoms with Crippen molar-refractivity contribution in [2.24, 2.45) is 11.8 Å². The van der Waals surface area contributed by atoms with Crippen LogP contribution < -0.4 is 0 Å². The molecule has 0 spiro atoms. The molecule has 0 N–H and O–H groups in total. The van der Waals surface area contributed by atoms with Crippen LogP contribution in [0.3, 0.4) is 0 Å². The third kappa shape index (κ3) is 2.22. The van der Waals surface area contributed by atoms with Crippen molar-refractivity contribution >= 4 is 0 Å². The number of hydrogen-bond donors (Lipinski definition) is 0. The van der Waals surface area contributed by atoms with Crippen molar-refractivity contribution in [3.05, 3.63) is 0 Å². The Labute approximate surface area is 76.5 Å². The van der Waals surface area contributed by atoms with Crippen LogP contribution in [0.25, 0.3) is 0 Å². The molecule has 0 bridgehead atoms. The molecule has 0 aliphatic carbocycles. The average Bonchev–Trinajstić information content (AvgIpc) is 2.51. The van der Waals surface area contributed by atoms with Crippen LogP contribution in [-0.4, -0.2) is 12.2 Å².